The third-order valence-electron chi connectivity index (χ3n) is 6.34. The molecule has 0 aliphatic heterocycles. The number of hydrogen-bond acceptors (Lipinski definition) is 1. The number of fused-ring (bicyclic) bond motifs is 3. The van der Waals surface area contributed by atoms with Gasteiger partial charge in [-0.15, -0.1) is 0 Å². The van der Waals surface area contributed by atoms with Gasteiger partial charge >= 0.3 is 0 Å². The van der Waals surface area contributed by atoms with Gasteiger partial charge in [0.05, 0.1) is 11.2 Å². The zero-order chi connectivity index (χ0) is 23.6. The van der Waals surface area contributed by atoms with Crippen LogP contribution in [0.15, 0.2) is 121 Å². The fourth-order valence-electron chi connectivity index (χ4n) is 4.54. The summed E-state index contributed by atoms with van der Waals surface area (Å²) in [4.78, 5) is 5.07. The smallest absolute Gasteiger partial charge is 0.0722 e. The molecule has 166 valence electrons. The second-order valence-corrected chi connectivity index (χ2v) is 9.04. The standard InChI is InChI=1S/C33H22ClN/c34-29-19-11-23(12-20-29)10-13-28-22-32(27-16-14-25(15-17-27)24-6-2-1-3-7-24)35-31-21-18-26-8-4-5-9-30(26)33(28)31/h1-22H/b13-10+. The van der Waals surface area contributed by atoms with Crippen LogP contribution in [-0.4, -0.2) is 4.98 Å². The highest BCUT2D eigenvalue weighted by atomic mass is 35.5. The van der Waals surface area contributed by atoms with Gasteiger partial charge in [-0.25, -0.2) is 4.98 Å². The fraction of sp³-hybridized carbons (Fsp3) is 0. The summed E-state index contributed by atoms with van der Waals surface area (Å²) in [6.07, 6.45) is 4.32. The van der Waals surface area contributed by atoms with E-state index >= 15 is 0 Å². The molecule has 5 aromatic carbocycles. The van der Waals surface area contributed by atoms with E-state index in [-0.39, 0.29) is 0 Å². The molecule has 0 aliphatic carbocycles. The summed E-state index contributed by atoms with van der Waals surface area (Å²) >= 11 is 6.08. The van der Waals surface area contributed by atoms with E-state index in [0.29, 0.717) is 0 Å². The molecule has 6 aromatic rings. The van der Waals surface area contributed by atoms with Crippen LogP contribution < -0.4 is 0 Å². The Balaban J connectivity index is 1.49. The van der Waals surface area contributed by atoms with Crippen LogP contribution in [-0.2, 0) is 0 Å². The summed E-state index contributed by atoms with van der Waals surface area (Å²) in [6.45, 7) is 0. The Kier molecular flexibility index (Phi) is 5.62. The minimum Gasteiger partial charge on any atom is -0.248 e. The first-order valence-corrected chi connectivity index (χ1v) is 12.0. The molecule has 1 heterocycles. The fourth-order valence-corrected chi connectivity index (χ4v) is 4.67. The van der Waals surface area contributed by atoms with Crippen LogP contribution in [0.5, 0.6) is 0 Å². The van der Waals surface area contributed by atoms with Crippen molar-refractivity contribution in [2.45, 2.75) is 0 Å². The Bertz CT molecular complexity index is 1670. The molecule has 0 radical (unpaired) electrons. The maximum absolute atomic E-state index is 6.08. The zero-order valence-corrected chi connectivity index (χ0v) is 19.8. The topological polar surface area (TPSA) is 12.9 Å². The third-order valence-corrected chi connectivity index (χ3v) is 6.59. The average molecular weight is 468 g/mol. The van der Waals surface area contributed by atoms with Crippen molar-refractivity contribution < 1.29 is 0 Å². The average Bonchev–Trinajstić information content (AvgIpc) is 2.93. The second-order valence-electron chi connectivity index (χ2n) is 8.61. The van der Waals surface area contributed by atoms with E-state index in [1.54, 1.807) is 0 Å². The maximum Gasteiger partial charge on any atom is 0.0722 e. The van der Waals surface area contributed by atoms with Crippen molar-refractivity contribution in [2.24, 2.45) is 0 Å². The molecule has 35 heavy (non-hydrogen) atoms. The molecule has 0 unspecified atom stereocenters. The van der Waals surface area contributed by atoms with Crippen molar-refractivity contribution in [3.63, 3.8) is 0 Å². The summed E-state index contributed by atoms with van der Waals surface area (Å²) in [5, 5.41) is 4.32. The molecule has 1 nitrogen and oxygen atoms in total. The van der Waals surface area contributed by atoms with E-state index in [1.165, 1.54) is 21.9 Å². The lowest BCUT2D eigenvalue weighted by Crippen LogP contribution is -1.91. The highest BCUT2D eigenvalue weighted by Crippen LogP contribution is 2.32. The van der Waals surface area contributed by atoms with Gasteiger partial charge in [-0.2, -0.15) is 0 Å². The molecular formula is C33H22ClN. The van der Waals surface area contributed by atoms with Crippen LogP contribution in [0.3, 0.4) is 0 Å². The van der Waals surface area contributed by atoms with Crippen LogP contribution in [0.1, 0.15) is 11.1 Å². The first-order valence-electron chi connectivity index (χ1n) is 11.7. The number of rotatable bonds is 4. The van der Waals surface area contributed by atoms with Gasteiger partial charge in [0.1, 0.15) is 0 Å². The van der Waals surface area contributed by atoms with Crippen molar-refractivity contribution in [1.29, 1.82) is 0 Å². The molecule has 0 N–H and O–H groups in total. The highest BCUT2D eigenvalue weighted by Gasteiger charge is 2.10. The summed E-state index contributed by atoms with van der Waals surface area (Å²) in [5.74, 6) is 0. The number of nitrogens with zero attached hydrogens (tertiary/aromatic N) is 1. The van der Waals surface area contributed by atoms with Gasteiger partial charge in [0, 0.05) is 16.0 Å². The lowest BCUT2D eigenvalue weighted by molar-refractivity contribution is 1.40. The molecule has 0 fully saturated rings. The van der Waals surface area contributed by atoms with Crippen LogP contribution in [0.2, 0.25) is 5.02 Å². The van der Waals surface area contributed by atoms with E-state index < -0.39 is 0 Å². The summed E-state index contributed by atoms with van der Waals surface area (Å²) in [5.41, 5.74) is 7.71. The molecule has 0 aliphatic rings. The summed E-state index contributed by atoms with van der Waals surface area (Å²) in [7, 11) is 0. The number of benzene rings is 5. The van der Waals surface area contributed by atoms with Crippen molar-refractivity contribution in [3.05, 3.63) is 137 Å². The lowest BCUT2D eigenvalue weighted by Gasteiger charge is -2.11. The van der Waals surface area contributed by atoms with Gasteiger partial charge in [-0.1, -0.05) is 121 Å². The van der Waals surface area contributed by atoms with E-state index in [0.717, 1.165) is 38.3 Å². The van der Waals surface area contributed by atoms with Crippen molar-refractivity contribution in [1.82, 2.24) is 4.98 Å². The zero-order valence-electron chi connectivity index (χ0n) is 19.0. The highest BCUT2D eigenvalue weighted by molar-refractivity contribution is 6.30. The van der Waals surface area contributed by atoms with E-state index in [4.69, 9.17) is 16.6 Å². The third kappa shape index (κ3) is 4.35. The SMILES string of the molecule is Clc1ccc(/C=C/c2cc(-c3ccc(-c4ccccc4)cc3)nc3ccc4ccccc4c23)cc1. The first kappa shape index (κ1) is 21.3. The van der Waals surface area contributed by atoms with E-state index in [1.807, 2.05) is 30.3 Å². The Morgan fingerprint density at radius 3 is 2.06 bits per heavy atom. The number of aromatic nitrogens is 1. The van der Waals surface area contributed by atoms with Crippen LogP contribution >= 0.6 is 11.6 Å². The minimum absolute atomic E-state index is 0.740. The van der Waals surface area contributed by atoms with Crippen LogP contribution in [0.25, 0.3) is 56.2 Å². The molecule has 0 saturated carbocycles. The molecule has 1 aromatic heterocycles. The van der Waals surface area contributed by atoms with Gasteiger partial charge in [0.25, 0.3) is 0 Å². The van der Waals surface area contributed by atoms with Crippen molar-refractivity contribution >= 4 is 45.4 Å². The predicted octanol–water partition coefficient (Wildman–Crippen LogP) is 9.55. The molecule has 0 bridgehead atoms. The molecule has 2 heteroatoms. The van der Waals surface area contributed by atoms with Crippen LogP contribution in [0, 0.1) is 0 Å². The van der Waals surface area contributed by atoms with Gasteiger partial charge in [0.2, 0.25) is 0 Å². The first-order chi connectivity index (χ1) is 17.2. The largest absolute Gasteiger partial charge is 0.248 e. The Labute approximate surface area is 210 Å². The molecule has 0 spiro atoms. The van der Waals surface area contributed by atoms with Crippen molar-refractivity contribution in [3.8, 4) is 22.4 Å². The monoisotopic (exact) mass is 467 g/mol. The predicted molar refractivity (Wildman–Crippen MR) is 151 cm³/mol. The summed E-state index contributed by atoms with van der Waals surface area (Å²) < 4.78 is 0. The second kappa shape index (κ2) is 9.21. The molecule has 0 saturated heterocycles. The van der Waals surface area contributed by atoms with Crippen molar-refractivity contribution in [2.75, 3.05) is 0 Å². The van der Waals surface area contributed by atoms with Gasteiger partial charge in [-0.3, -0.25) is 0 Å². The van der Waals surface area contributed by atoms with Gasteiger partial charge in [-0.05, 0) is 57.3 Å². The molecule has 6 rings (SSSR count). The Morgan fingerprint density at radius 2 is 1.26 bits per heavy atom. The minimum atomic E-state index is 0.740. The normalized spacial score (nSPS) is 11.5. The lowest BCUT2D eigenvalue weighted by atomic mass is 9.97. The van der Waals surface area contributed by atoms with Gasteiger partial charge in [0.15, 0.2) is 0 Å². The van der Waals surface area contributed by atoms with Gasteiger partial charge < -0.3 is 0 Å². The number of pyridine rings is 1. The molecule has 0 amide bonds. The quantitative estimate of drug-likeness (QED) is 0.235. The Hall–Kier alpha value is -4.20. The number of hydrogen-bond donors (Lipinski definition) is 0. The molecule has 0 atom stereocenters. The molecular weight excluding hydrogens is 446 g/mol. The van der Waals surface area contributed by atoms with Crippen LogP contribution in [0.4, 0.5) is 0 Å². The number of halogens is 1. The Morgan fingerprint density at radius 1 is 0.571 bits per heavy atom. The van der Waals surface area contributed by atoms with E-state index in [2.05, 4.69) is 103 Å². The van der Waals surface area contributed by atoms with E-state index in [9.17, 15) is 0 Å². The maximum atomic E-state index is 6.08. The summed E-state index contributed by atoms with van der Waals surface area (Å²) in [6, 6.07) is 41.9.